The minimum atomic E-state index is -0.893. The second kappa shape index (κ2) is 5.92. The Balaban J connectivity index is 1.61. The van der Waals surface area contributed by atoms with Gasteiger partial charge in [0.1, 0.15) is 0 Å². The number of carbonyl (C=O) groups excluding carboxylic acids is 1. The summed E-state index contributed by atoms with van der Waals surface area (Å²) in [5.74, 6) is -0.188. The lowest BCUT2D eigenvalue weighted by molar-refractivity contribution is -0.144. The van der Waals surface area contributed by atoms with Gasteiger partial charge in [0.25, 0.3) is 0 Å². The number of nitrogens with zero attached hydrogens (tertiary/aromatic N) is 3. The molecule has 1 aromatic rings. The summed E-state index contributed by atoms with van der Waals surface area (Å²) in [4.78, 5) is 29.6. The molecule has 0 aromatic carbocycles. The van der Waals surface area contributed by atoms with Crippen molar-refractivity contribution in [2.75, 3.05) is 13.1 Å². The van der Waals surface area contributed by atoms with Crippen LogP contribution in [0.15, 0.2) is 4.52 Å². The molecule has 0 aliphatic carbocycles. The van der Waals surface area contributed by atoms with Gasteiger partial charge in [0, 0.05) is 25.4 Å². The molecular formula is C15H22N4O4. The molecule has 8 nitrogen and oxygen atoms in total. The summed E-state index contributed by atoms with van der Waals surface area (Å²) in [5, 5.41) is 16.2. The molecule has 2 aliphatic rings. The lowest BCUT2D eigenvalue weighted by Crippen LogP contribution is -2.55. The molecule has 0 bridgehead atoms. The van der Waals surface area contributed by atoms with Crippen molar-refractivity contribution in [2.24, 2.45) is 5.92 Å². The second-order valence-electron chi connectivity index (χ2n) is 6.78. The summed E-state index contributed by atoms with van der Waals surface area (Å²) < 4.78 is 5.26. The molecular weight excluding hydrogens is 300 g/mol. The third-order valence-corrected chi connectivity index (χ3v) is 4.85. The summed E-state index contributed by atoms with van der Waals surface area (Å²) in [6.45, 7) is 5.97. The zero-order chi connectivity index (χ0) is 16.6. The number of amides is 1. The monoisotopic (exact) mass is 322 g/mol. The van der Waals surface area contributed by atoms with Gasteiger partial charge in [0.05, 0.1) is 18.0 Å². The van der Waals surface area contributed by atoms with E-state index >= 15 is 0 Å². The number of hydrogen-bond donors (Lipinski definition) is 2. The fourth-order valence-corrected chi connectivity index (χ4v) is 3.46. The van der Waals surface area contributed by atoms with Gasteiger partial charge in [-0.1, -0.05) is 19.0 Å². The average Bonchev–Trinajstić information content (AvgIpc) is 3.07. The molecule has 126 valence electrons. The van der Waals surface area contributed by atoms with E-state index in [1.807, 2.05) is 13.8 Å². The number of hydrogen-bond acceptors (Lipinski definition) is 6. The van der Waals surface area contributed by atoms with E-state index in [0.29, 0.717) is 44.2 Å². The molecule has 1 amide bonds. The third-order valence-electron chi connectivity index (χ3n) is 4.85. The summed E-state index contributed by atoms with van der Waals surface area (Å²) in [5.41, 5.74) is -0.600. The lowest BCUT2D eigenvalue weighted by Gasteiger charge is -2.41. The molecule has 0 saturated carbocycles. The van der Waals surface area contributed by atoms with Crippen molar-refractivity contribution in [3.05, 3.63) is 11.7 Å². The van der Waals surface area contributed by atoms with Crippen molar-refractivity contribution in [1.29, 1.82) is 0 Å². The molecule has 0 unspecified atom stereocenters. The van der Waals surface area contributed by atoms with E-state index in [2.05, 4.69) is 20.4 Å². The van der Waals surface area contributed by atoms with Gasteiger partial charge in [-0.2, -0.15) is 4.98 Å². The predicted octanol–water partition coefficient (Wildman–Crippen LogP) is 0.748. The first-order chi connectivity index (χ1) is 10.9. The van der Waals surface area contributed by atoms with E-state index in [0.717, 1.165) is 0 Å². The zero-order valence-electron chi connectivity index (χ0n) is 13.4. The van der Waals surface area contributed by atoms with Gasteiger partial charge in [0.2, 0.25) is 11.8 Å². The zero-order valence-corrected chi connectivity index (χ0v) is 13.4. The van der Waals surface area contributed by atoms with Crippen molar-refractivity contribution in [2.45, 2.75) is 51.1 Å². The topological polar surface area (TPSA) is 109 Å². The van der Waals surface area contributed by atoms with Crippen LogP contribution in [0.5, 0.6) is 0 Å². The first-order valence-corrected chi connectivity index (χ1v) is 7.98. The number of likely N-dealkylation sites (tertiary alicyclic amines) is 1. The van der Waals surface area contributed by atoms with Crippen molar-refractivity contribution in [1.82, 2.24) is 20.4 Å². The van der Waals surface area contributed by atoms with Crippen LogP contribution in [0.2, 0.25) is 0 Å². The van der Waals surface area contributed by atoms with E-state index in [1.165, 1.54) is 0 Å². The van der Waals surface area contributed by atoms with Gasteiger partial charge < -0.3 is 14.9 Å². The summed E-state index contributed by atoms with van der Waals surface area (Å²) >= 11 is 0. The van der Waals surface area contributed by atoms with E-state index in [9.17, 15) is 14.7 Å². The number of aromatic nitrogens is 2. The number of carboxylic acid groups (broad SMARTS) is 1. The number of nitrogens with one attached hydrogen (secondary N) is 1. The van der Waals surface area contributed by atoms with Crippen molar-refractivity contribution in [3.63, 3.8) is 0 Å². The SMILES string of the molecule is CC(C)c1noc(CN2CCC3(CC2)NC(=O)C[C@@H]3C(=O)O)n1. The number of aliphatic carboxylic acids is 1. The van der Waals surface area contributed by atoms with E-state index in [4.69, 9.17) is 4.52 Å². The van der Waals surface area contributed by atoms with Crippen LogP contribution in [0.1, 0.15) is 50.7 Å². The van der Waals surface area contributed by atoms with Crippen molar-refractivity contribution < 1.29 is 19.2 Å². The van der Waals surface area contributed by atoms with Gasteiger partial charge in [-0.15, -0.1) is 0 Å². The van der Waals surface area contributed by atoms with Crippen LogP contribution >= 0.6 is 0 Å². The lowest BCUT2D eigenvalue weighted by atomic mass is 9.78. The first kappa shape index (κ1) is 15.9. The van der Waals surface area contributed by atoms with Crippen LogP contribution in [-0.4, -0.2) is 50.7 Å². The molecule has 2 aliphatic heterocycles. The maximum Gasteiger partial charge on any atom is 0.309 e. The fraction of sp³-hybridized carbons (Fsp3) is 0.733. The molecule has 3 rings (SSSR count). The molecule has 1 aromatic heterocycles. The molecule has 2 saturated heterocycles. The van der Waals surface area contributed by atoms with Crippen molar-refractivity contribution >= 4 is 11.9 Å². The van der Waals surface area contributed by atoms with E-state index in [-0.39, 0.29) is 18.2 Å². The molecule has 2 N–H and O–H groups in total. The smallest absolute Gasteiger partial charge is 0.309 e. The molecule has 3 heterocycles. The summed E-state index contributed by atoms with van der Waals surface area (Å²) in [6.07, 6.45) is 1.33. The Hall–Kier alpha value is -1.96. The summed E-state index contributed by atoms with van der Waals surface area (Å²) in [6, 6.07) is 0. The number of carboxylic acids is 1. The molecule has 8 heteroatoms. The van der Waals surface area contributed by atoms with Gasteiger partial charge in [-0.25, -0.2) is 0 Å². The maximum atomic E-state index is 11.6. The Morgan fingerprint density at radius 3 is 2.74 bits per heavy atom. The molecule has 2 fully saturated rings. The average molecular weight is 322 g/mol. The maximum absolute atomic E-state index is 11.6. The third kappa shape index (κ3) is 3.08. The Morgan fingerprint density at radius 2 is 2.17 bits per heavy atom. The Bertz CT molecular complexity index is 604. The predicted molar refractivity (Wildman–Crippen MR) is 79.5 cm³/mol. The normalized spacial score (nSPS) is 24.3. The number of carbonyl (C=O) groups is 2. The van der Waals surface area contributed by atoms with Gasteiger partial charge in [-0.05, 0) is 12.8 Å². The quantitative estimate of drug-likeness (QED) is 0.842. The largest absolute Gasteiger partial charge is 0.481 e. The highest BCUT2D eigenvalue weighted by Crippen LogP contribution is 2.37. The minimum absolute atomic E-state index is 0.0801. The molecule has 0 radical (unpaired) electrons. The van der Waals surface area contributed by atoms with Gasteiger partial charge in [0.15, 0.2) is 5.82 Å². The fourth-order valence-electron chi connectivity index (χ4n) is 3.46. The summed E-state index contributed by atoms with van der Waals surface area (Å²) in [7, 11) is 0. The van der Waals surface area contributed by atoms with Crippen LogP contribution < -0.4 is 5.32 Å². The van der Waals surface area contributed by atoms with E-state index < -0.39 is 17.4 Å². The first-order valence-electron chi connectivity index (χ1n) is 7.98. The number of piperidine rings is 1. The van der Waals surface area contributed by atoms with E-state index in [1.54, 1.807) is 0 Å². The van der Waals surface area contributed by atoms with Crippen molar-refractivity contribution in [3.8, 4) is 0 Å². The van der Waals surface area contributed by atoms with Crippen LogP contribution in [0.25, 0.3) is 0 Å². The highest BCUT2D eigenvalue weighted by molar-refractivity contribution is 5.88. The highest BCUT2D eigenvalue weighted by atomic mass is 16.5. The molecule has 1 atom stereocenters. The highest BCUT2D eigenvalue weighted by Gasteiger charge is 2.51. The standard InChI is InChI=1S/C15H22N4O4/c1-9(2)13-16-12(23-18-13)8-19-5-3-15(4-6-19)10(14(21)22)7-11(20)17-15/h9-10H,3-8H2,1-2H3,(H,17,20)(H,21,22)/t10-/m1/s1. The van der Waals surface area contributed by atoms with Crippen LogP contribution in [0.3, 0.4) is 0 Å². The second-order valence-corrected chi connectivity index (χ2v) is 6.78. The molecule has 1 spiro atoms. The molecule has 23 heavy (non-hydrogen) atoms. The Morgan fingerprint density at radius 1 is 1.48 bits per heavy atom. The Kier molecular flexibility index (Phi) is 4.09. The van der Waals surface area contributed by atoms with Gasteiger partial charge in [-0.3, -0.25) is 14.5 Å². The number of rotatable bonds is 4. The van der Waals surface area contributed by atoms with Crippen LogP contribution in [0, 0.1) is 5.92 Å². The van der Waals surface area contributed by atoms with Gasteiger partial charge >= 0.3 is 5.97 Å². The Labute approximate surface area is 134 Å². The van der Waals surface area contributed by atoms with Crippen LogP contribution in [0.4, 0.5) is 0 Å². The minimum Gasteiger partial charge on any atom is -0.481 e. The van der Waals surface area contributed by atoms with Crippen LogP contribution in [-0.2, 0) is 16.1 Å².